The van der Waals surface area contributed by atoms with Crippen molar-refractivity contribution in [3.05, 3.63) is 38.7 Å². The summed E-state index contributed by atoms with van der Waals surface area (Å²) in [5, 5.41) is 0.290. The molecular weight excluding hydrogens is 272 g/mol. The van der Waals surface area contributed by atoms with E-state index in [1.54, 1.807) is 11.9 Å². The van der Waals surface area contributed by atoms with Crippen LogP contribution in [0.4, 0.5) is 0 Å². The minimum atomic E-state index is -0.545. The van der Waals surface area contributed by atoms with E-state index in [9.17, 15) is 14.4 Å². The molecule has 0 aromatic carbocycles. The van der Waals surface area contributed by atoms with Gasteiger partial charge in [-0.05, 0) is 30.9 Å². The summed E-state index contributed by atoms with van der Waals surface area (Å²) in [6, 6.07) is 3.05. The van der Waals surface area contributed by atoms with E-state index < -0.39 is 11.2 Å². The van der Waals surface area contributed by atoms with Gasteiger partial charge in [-0.25, -0.2) is 9.78 Å². The van der Waals surface area contributed by atoms with Crippen LogP contribution in [0.2, 0.25) is 0 Å². The third-order valence-corrected chi connectivity index (χ3v) is 3.76. The lowest BCUT2D eigenvalue weighted by Gasteiger charge is -2.16. The average molecular weight is 288 g/mol. The molecule has 0 aliphatic heterocycles. The van der Waals surface area contributed by atoms with Crippen molar-refractivity contribution in [2.24, 2.45) is 13.0 Å². The van der Waals surface area contributed by atoms with Gasteiger partial charge in [0.2, 0.25) is 0 Å². The van der Waals surface area contributed by atoms with Crippen molar-refractivity contribution in [1.82, 2.24) is 19.4 Å². The number of pyridine rings is 1. The molecule has 2 heterocycles. The Balaban J connectivity index is 2.04. The van der Waals surface area contributed by atoms with E-state index in [0.717, 1.165) is 12.8 Å². The summed E-state index contributed by atoms with van der Waals surface area (Å²) in [6.45, 7) is 0.715. The fourth-order valence-corrected chi connectivity index (χ4v) is 2.31. The largest absolute Gasteiger partial charge is 0.340 e. The number of hydrogen-bond acceptors (Lipinski definition) is 4. The van der Waals surface area contributed by atoms with Crippen molar-refractivity contribution in [1.29, 1.82) is 0 Å². The van der Waals surface area contributed by atoms with Crippen LogP contribution < -0.4 is 11.2 Å². The fraction of sp³-hybridized carbons (Fsp3) is 0.429. The van der Waals surface area contributed by atoms with Gasteiger partial charge >= 0.3 is 5.69 Å². The molecule has 21 heavy (non-hydrogen) atoms. The highest BCUT2D eigenvalue weighted by atomic mass is 16.2. The number of fused-ring (bicyclic) bond motifs is 1. The topological polar surface area (TPSA) is 88.1 Å². The number of nitrogens with zero attached hydrogens (tertiary/aromatic N) is 3. The molecule has 110 valence electrons. The second kappa shape index (κ2) is 4.83. The molecule has 0 radical (unpaired) electrons. The zero-order valence-electron chi connectivity index (χ0n) is 11.9. The average Bonchev–Trinajstić information content (AvgIpc) is 3.27. The molecule has 0 spiro atoms. The van der Waals surface area contributed by atoms with Gasteiger partial charge in [0, 0.05) is 20.6 Å². The molecule has 2 aromatic rings. The van der Waals surface area contributed by atoms with Gasteiger partial charge in [-0.3, -0.25) is 19.1 Å². The summed E-state index contributed by atoms with van der Waals surface area (Å²) in [7, 11) is 3.25. The summed E-state index contributed by atoms with van der Waals surface area (Å²) in [6.07, 6.45) is 2.32. The molecule has 1 amide bonds. The van der Waals surface area contributed by atoms with E-state index in [2.05, 4.69) is 9.97 Å². The van der Waals surface area contributed by atoms with Crippen LogP contribution >= 0.6 is 0 Å². The minimum Gasteiger partial charge on any atom is -0.340 e. The van der Waals surface area contributed by atoms with Gasteiger partial charge in [-0.1, -0.05) is 0 Å². The van der Waals surface area contributed by atoms with E-state index in [-0.39, 0.29) is 17.2 Å². The molecule has 1 aliphatic carbocycles. The van der Waals surface area contributed by atoms with Gasteiger partial charge in [0.05, 0.1) is 5.39 Å². The first-order chi connectivity index (χ1) is 9.97. The Morgan fingerprint density at radius 1 is 1.43 bits per heavy atom. The molecule has 2 aromatic heterocycles. The van der Waals surface area contributed by atoms with Crippen molar-refractivity contribution >= 4 is 16.9 Å². The number of nitrogens with one attached hydrogen (secondary N) is 1. The van der Waals surface area contributed by atoms with Crippen molar-refractivity contribution < 1.29 is 4.79 Å². The number of aromatic nitrogens is 3. The number of hydrogen-bond donors (Lipinski definition) is 1. The molecule has 0 unspecified atom stereocenters. The highest BCUT2D eigenvalue weighted by Gasteiger charge is 2.25. The van der Waals surface area contributed by atoms with Gasteiger partial charge in [0.1, 0.15) is 11.3 Å². The summed E-state index contributed by atoms with van der Waals surface area (Å²) in [5.41, 5.74) is -0.581. The normalized spacial score (nSPS) is 14.4. The molecule has 1 saturated carbocycles. The minimum absolute atomic E-state index is 0.198. The van der Waals surface area contributed by atoms with E-state index in [1.165, 1.54) is 23.7 Å². The molecule has 1 N–H and O–H groups in total. The highest BCUT2D eigenvalue weighted by Crippen LogP contribution is 2.29. The lowest BCUT2D eigenvalue weighted by molar-refractivity contribution is 0.0783. The maximum absolute atomic E-state index is 12.3. The number of carbonyl (C=O) groups excluding carboxylic acids is 1. The van der Waals surface area contributed by atoms with Crippen LogP contribution in [0, 0.1) is 5.92 Å². The Bertz CT molecular complexity index is 832. The predicted octanol–water partition coefficient (Wildman–Crippen LogP) is 0.104. The molecule has 7 heteroatoms. The van der Waals surface area contributed by atoms with Gasteiger partial charge in [-0.2, -0.15) is 0 Å². The number of rotatable bonds is 3. The standard InChI is InChI=1S/C14H16N4O3/c1-17(7-8-3-4-8)13(20)10-6-5-9-11(15-10)18(2)14(21)16-12(9)19/h5-6,8H,3-4,7H2,1-2H3,(H,16,19,21). The third-order valence-electron chi connectivity index (χ3n) is 3.76. The monoisotopic (exact) mass is 288 g/mol. The van der Waals surface area contributed by atoms with Crippen LogP contribution in [-0.2, 0) is 7.05 Å². The Kier molecular flexibility index (Phi) is 3.12. The first kappa shape index (κ1) is 13.5. The summed E-state index contributed by atoms with van der Waals surface area (Å²) < 4.78 is 1.23. The van der Waals surface area contributed by atoms with Crippen LogP contribution in [0.25, 0.3) is 11.0 Å². The second-order valence-electron chi connectivity index (χ2n) is 5.52. The van der Waals surface area contributed by atoms with Crippen LogP contribution in [0.5, 0.6) is 0 Å². The first-order valence-corrected chi connectivity index (χ1v) is 6.83. The highest BCUT2D eigenvalue weighted by molar-refractivity contribution is 5.94. The maximum atomic E-state index is 12.3. The summed E-state index contributed by atoms with van der Waals surface area (Å²) in [4.78, 5) is 43.7. The lowest BCUT2D eigenvalue weighted by atomic mass is 10.2. The van der Waals surface area contributed by atoms with Crippen molar-refractivity contribution in [2.75, 3.05) is 13.6 Å². The Morgan fingerprint density at radius 3 is 2.81 bits per heavy atom. The molecule has 0 saturated heterocycles. The third kappa shape index (κ3) is 2.46. The quantitative estimate of drug-likeness (QED) is 0.868. The number of H-pyrrole nitrogens is 1. The predicted molar refractivity (Wildman–Crippen MR) is 77.3 cm³/mol. The number of carbonyl (C=O) groups is 1. The zero-order valence-corrected chi connectivity index (χ0v) is 11.9. The second-order valence-corrected chi connectivity index (χ2v) is 5.52. The molecule has 1 aliphatic rings. The van der Waals surface area contributed by atoms with Crippen molar-refractivity contribution in [3.8, 4) is 0 Å². The van der Waals surface area contributed by atoms with Crippen LogP contribution in [-0.4, -0.2) is 38.9 Å². The van der Waals surface area contributed by atoms with E-state index in [1.807, 2.05) is 0 Å². The SMILES string of the molecule is CN(CC1CC1)C(=O)c1ccc2c(=O)[nH]c(=O)n(C)c2n1. The summed E-state index contributed by atoms with van der Waals surface area (Å²) >= 11 is 0. The van der Waals surface area contributed by atoms with Crippen molar-refractivity contribution in [3.63, 3.8) is 0 Å². The van der Waals surface area contributed by atoms with E-state index >= 15 is 0 Å². The van der Waals surface area contributed by atoms with Gasteiger partial charge in [0.25, 0.3) is 11.5 Å². The van der Waals surface area contributed by atoms with Gasteiger partial charge in [-0.15, -0.1) is 0 Å². The Labute approximate surface area is 120 Å². The fourth-order valence-electron chi connectivity index (χ4n) is 2.31. The van der Waals surface area contributed by atoms with E-state index in [0.29, 0.717) is 17.8 Å². The Hall–Kier alpha value is -2.44. The number of aryl methyl sites for hydroxylation is 1. The van der Waals surface area contributed by atoms with Crippen molar-refractivity contribution in [2.45, 2.75) is 12.8 Å². The Morgan fingerprint density at radius 2 is 2.14 bits per heavy atom. The lowest BCUT2D eigenvalue weighted by Crippen LogP contribution is -2.31. The van der Waals surface area contributed by atoms with E-state index in [4.69, 9.17) is 0 Å². The van der Waals surface area contributed by atoms with Gasteiger partial charge < -0.3 is 4.90 Å². The molecule has 0 atom stereocenters. The van der Waals surface area contributed by atoms with Gasteiger partial charge in [0.15, 0.2) is 0 Å². The van der Waals surface area contributed by atoms with Crippen LogP contribution in [0.15, 0.2) is 21.7 Å². The molecule has 0 bridgehead atoms. The smallest absolute Gasteiger partial charge is 0.329 e. The zero-order chi connectivity index (χ0) is 15.1. The van der Waals surface area contributed by atoms with Crippen LogP contribution in [0.1, 0.15) is 23.3 Å². The maximum Gasteiger partial charge on any atom is 0.329 e. The molecular formula is C14H16N4O3. The number of aromatic amines is 1. The number of amides is 1. The molecule has 7 nitrogen and oxygen atoms in total. The molecule has 3 rings (SSSR count). The summed E-state index contributed by atoms with van der Waals surface area (Å²) in [5.74, 6) is 0.392. The first-order valence-electron chi connectivity index (χ1n) is 6.83. The molecule has 1 fully saturated rings. The van der Waals surface area contributed by atoms with Crippen LogP contribution in [0.3, 0.4) is 0 Å².